The first-order valence-electron chi connectivity index (χ1n) is 5.73. The van der Waals surface area contributed by atoms with Gasteiger partial charge in [0.05, 0.1) is 11.4 Å². The van der Waals surface area contributed by atoms with Crippen LogP contribution in [-0.2, 0) is 13.6 Å². The minimum absolute atomic E-state index is 0.724. The van der Waals surface area contributed by atoms with E-state index in [1.165, 1.54) is 0 Å². The second-order valence-electron chi connectivity index (χ2n) is 4.43. The van der Waals surface area contributed by atoms with Crippen molar-refractivity contribution in [2.45, 2.75) is 13.5 Å². The zero-order valence-electron chi connectivity index (χ0n) is 10.8. The molecule has 0 aliphatic carbocycles. The van der Waals surface area contributed by atoms with Gasteiger partial charge in [0.15, 0.2) is 0 Å². The van der Waals surface area contributed by atoms with Crippen LogP contribution in [0.25, 0.3) is 0 Å². The molecule has 0 fully saturated rings. The fraction of sp³-hybridized carbons (Fsp3) is 0.308. The second-order valence-corrected chi connectivity index (χ2v) is 4.87. The Kier molecular flexibility index (Phi) is 3.48. The van der Waals surface area contributed by atoms with Crippen LogP contribution in [0.5, 0.6) is 0 Å². The fourth-order valence-corrected chi connectivity index (χ4v) is 2.31. The monoisotopic (exact) mass is 264 g/mol. The molecule has 2 N–H and O–H groups in total. The quantitative estimate of drug-likeness (QED) is 0.927. The summed E-state index contributed by atoms with van der Waals surface area (Å²) in [5.41, 5.74) is 8.76. The number of aryl methyl sites for hydroxylation is 2. The highest BCUT2D eigenvalue weighted by Crippen LogP contribution is 2.26. The maximum atomic E-state index is 6.04. The largest absolute Gasteiger partial charge is 0.394 e. The lowest BCUT2D eigenvalue weighted by Crippen LogP contribution is -2.20. The number of benzene rings is 1. The summed E-state index contributed by atoms with van der Waals surface area (Å²) in [6.07, 6.45) is 0. The molecule has 18 heavy (non-hydrogen) atoms. The number of nitrogens with two attached hydrogens (primary N) is 1. The van der Waals surface area contributed by atoms with E-state index in [0.29, 0.717) is 0 Å². The average Bonchev–Trinajstić information content (AvgIpc) is 2.53. The molecule has 2 rings (SSSR count). The van der Waals surface area contributed by atoms with Gasteiger partial charge in [0.25, 0.3) is 0 Å². The Morgan fingerprint density at radius 2 is 2.17 bits per heavy atom. The van der Waals surface area contributed by atoms with Crippen molar-refractivity contribution in [1.82, 2.24) is 9.78 Å². The van der Waals surface area contributed by atoms with Gasteiger partial charge in [-0.1, -0.05) is 23.7 Å². The number of nitrogens with zero attached hydrogens (tertiary/aromatic N) is 3. The Hall–Kier alpha value is -1.68. The number of hydrogen-bond donors (Lipinski definition) is 1. The molecule has 1 heterocycles. The molecule has 5 heteroatoms. The van der Waals surface area contributed by atoms with E-state index in [0.717, 1.165) is 34.3 Å². The molecule has 0 atom stereocenters. The van der Waals surface area contributed by atoms with Gasteiger partial charge >= 0.3 is 0 Å². The van der Waals surface area contributed by atoms with Gasteiger partial charge in [-0.15, -0.1) is 0 Å². The molecular weight excluding hydrogens is 248 g/mol. The lowest BCUT2D eigenvalue weighted by atomic mass is 10.2. The molecule has 2 aromatic rings. The van der Waals surface area contributed by atoms with Gasteiger partial charge in [-0.25, -0.2) is 0 Å². The summed E-state index contributed by atoms with van der Waals surface area (Å²) in [6.45, 7) is 2.65. The fourth-order valence-electron chi connectivity index (χ4n) is 2.10. The van der Waals surface area contributed by atoms with Crippen LogP contribution in [0, 0.1) is 6.92 Å². The van der Waals surface area contributed by atoms with Crippen LogP contribution in [-0.4, -0.2) is 16.8 Å². The van der Waals surface area contributed by atoms with E-state index in [1.807, 2.05) is 45.3 Å². The van der Waals surface area contributed by atoms with Gasteiger partial charge in [0.2, 0.25) is 0 Å². The lowest BCUT2D eigenvalue weighted by Gasteiger charge is -2.20. The minimum atomic E-state index is 0.724. The standard InChI is InChI=1S/C13H17ClN4/c1-9-12(15)13(18(3)16-9)17(2)8-10-5-4-6-11(14)7-10/h4-7H,8,15H2,1-3H3. The van der Waals surface area contributed by atoms with Gasteiger partial charge in [-0.2, -0.15) is 5.10 Å². The number of nitrogen functional groups attached to an aromatic ring is 1. The predicted molar refractivity (Wildman–Crippen MR) is 75.9 cm³/mol. The number of anilines is 2. The number of halogens is 1. The van der Waals surface area contributed by atoms with Crippen molar-refractivity contribution < 1.29 is 0 Å². The van der Waals surface area contributed by atoms with Crippen LogP contribution in [0.3, 0.4) is 0 Å². The maximum absolute atomic E-state index is 6.04. The van der Waals surface area contributed by atoms with Crippen LogP contribution < -0.4 is 10.6 Å². The molecule has 0 unspecified atom stereocenters. The topological polar surface area (TPSA) is 47.1 Å². The summed E-state index contributed by atoms with van der Waals surface area (Å²) < 4.78 is 1.80. The first-order valence-corrected chi connectivity index (χ1v) is 6.11. The minimum Gasteiger partial charge on any atom is -0.394 e. The van der Waals surface area contributed by atoms with Crippen molar-refractivity contribution in [3.05, 3.63) is 40.5 Å². The van der Waals surface area contributed by atoms with Crippen LogP contribution in [0.15, 0.2) is 24.3 Å². The van der Waals surface area contributed by atoms with Crippen LogP contribution in [0.4, 0.5) is 11.5 Å². The van der Waals surface area contributed by atoms with Gasteiger partial charge in [0.1, 0.15) is 5.82 Å². The average molecular weight is 265 g/mol. The SMILES string of the molecule is Cc1nn(C)c(N(C)Cc2cccc(Cl)c2)c1N. The maximum Gasteiger partial charge on any atom is 0.150 e. The van der Waals surface area contributed by atoms with E-state index >= 15 is 0 Å². The third kappa shape index (κ3) is 2.43. The zero-order valence-corrected chi connectivity index (χ0v) is 11.6. The first-order chi connectivity index (χ1) is 8.49. The molecule has 0 aliphatic rings. The van der Waals surface area contributed by atoms with Crippen molar-refractivity contribution in [3.8, 4) is 0 Å². The zero-order chi connectivity index (χ0) is 13.3. The van der Waals surface area contributed by atoms with Crippen molar-refractivity contribution in [2.24, 2.45) is 7.05 Å². The van der Waals surface area contributed by atoms with Gasteiger partial charge in [-0.05, 0) is 24.6 Å². The third-order valence-corrected chi connectivity index (χ3v) is 3.14. The summed E-state index contributed by atoms with van der Waals surface area (Å²) in [6, 6.07) is 7.82. The van der Waals surface area contributed by atoms with E-state index < -0.39 is 0 Å². The first kappa shape index (κ1) is 12.8. The van der Waals surface area contributed by atoms with Crippen molar-refractivity contribution in [2.75, 3.05) is 17.7 Å². The molecule has 0 radical (unpaired) electrons. The third-order valence-electron chi connectivity index (χ3n) is 2.91. The van der Waals surface area contributed by atoms with Crippen LogP contribution in [0.2, 0.25) is 5.02 Å². The van der Waals surface area contributed by atoms with Gasteiger partial charge < -0.3 is 10.6 Å². The molecule has 0 saturated carbocycles. The highest BCUT2D eigenvalue weighted by molar-refractivity contribution is 6.30. The highest BCUT2D eigenvalue weighted by Gasteiger charge is 2.14. The van der Waals surface area contributed by atoms with Crippen LogP contribution in [0.1, 0.15) is 11.3 Å². The molecule has 0 bridgehead atoms. The van der Waals surface area contributed by atoms with Crippen LogP contribution >= 0.6 is 11.6 Å². The molecule has 4 nitrogen and oxygen atoms in total. The number of hydrogen-bond acceptors (Lipinski definition) is 3. The summed E-state index contributed by atoms with van der Waals surface area (Å²) in [7, 11) is 3.89. The summed E-state index contributed by atoms with van der Waals surface area (Å²) in [5.74, 6) is 0.924. The Bertz CT molecular complexity index is 562. The Labute approximate surface area is 112 Å². The Morgan fingerprint density at radius 1 is 1.44 bits per heavy atom. The molecular formula is C13H17ClN4. The summed E-state index contributed by atoms with van der Waals surface area (Å²) in [5, 5.41) is 5.06. The van der Waals surface area contributed by atoms with E-state index in [9.17, 15) is 0 Å². The van der Waals surface area contributed by atoms with E-state index in [1.54, 1.807) is 4.68 Å². The number of rotatable bonds is 3. The van der Waals surface area contributed by atoms with Crippen molar-refractivity contribution in [1.29, 1.82) is 0 Å². The van der Waals surface area contributed by atoms with E-state index in [2.05, 4.69) is 10.00 Å². The molecule has 0 aliphatic heterocycles. The molecule has 1 aromatic heterocycles. The van der Waals surface area contributed by atoms with E-state index in [-0.39, 0.29) is 0 Å². The number of aromatic nitrogens is 2. The Balaban J connectivity index is 2.24. The molecule has 0 saturated heterocycles. The Morgan fingerprint density at radius 3 is 2.72 bits per heavy atom. The smallest absolute Gasteiger partial charge is 0.150 e. The predicted octanol–water partition coefficient (Wildman–Crippen LogP) is 2.60. The highest BCUT2D eigenvalue weighted by atomic mass is 35.5. The normalized spacial score (nSPS) is 10.7. The van der Waals surface area contributed by atoms with Gasteiger partial charge in [-0.3, -0.25) is 4.68 Å². The summed E-state index contributed by atoms with van der Waals surface area (Å²) >= 11 is 5.98. The van der Waals surface area contributed by atoms with Crippen molar-refractivity contribution in [3.63, 3.8) is 0 Å². The molecule has 96 valence electrons. The van der Waals surface area contributed by atoms with Crippen molar-refractivity contribution >= 4 is 23.1 Å². The van der Waals surface area contributed by atoms with E-state index in [4.69, 9.17) is 17.3 Å². The molecule has 0 amide bonds. The summed E-state index contributed by atoms with van der Waals surface area (Å²) in [4.78, 5) is 2.07. The lowest BCUT2D eigenvalue weighted by molar-refractivity contribution is 0.727. The van der Waals surface area contributed by atoms with Gasteiger partial charge in [0, 0.05) is 25.7 Å². The second kappa shape index (κ2) is 4.90. The molecule has 0 spiro atoms. The molecule has 1 aromatic carbocycles.